The molecule has 152 valence electrons. The second-order valence-corrected chi connectivity index (χ2v) is 10.1. The molecule has 1 saturated heterocycles. The van der Waals surface area contributed by atoms with Crippen LogP contribution in [0.4, 0.5) is 0 Å². The fraction of sp³-hybridized carbons (Fsp3) is 0.286. The largest absolute Gasteiger partial charge is 0.358 e. The lowest BCUT2D eigenvalue weighted by molar-refractivity contribution is 0.0698. The van der Waals surface area contributed by atoms with Crippen LogP contribution in [0.3, 0.4) is 0 Å². The summed E-state index contributed by atoms with van der Waals surface area (Å²) in [4.78, 5) is 18.3. The Morgan fingerprint density at radius 3 is 2.45 bits per heavy atom. The number of aromatic nitrogens is 1. The van der Waals surface area contributed by atoms with Crippen LogP contribution in [0.25, 0.3) is 10.9 Å². The number of fused-ring (bicyclic) bond motifs is 1. The molecule has 1 aromatic heterocycles. The summed E-state index contributed by atoms with van der Waals surface area (Å²) in [6, 6.07) is 12.4. The molecule has 0 unspecified atom stereocenters. The number of H-pyrrole nitrogens is 1. The lowest BCUT2D eigenvalue weighted by Crippen LogP contribution is -2.50. The van der Waals surface area contributed by atoms with Crippen LogP contribution in [0.2, 0.25) is 0 Å². The minimum atomic E-state index is -3.57. The minimum absolute atomic E-state index is 0.0651. The summed E-state index contributed by atoms with van der Waals surface area (Å²) >= 11 is 3.32. The van der Waals surface area contributed by atoms with Gasteiger partial charge in [-0.3, -0.25) is 4.79 Å². The normalized spacial score (nSPS) is 15.8. The van der Waals surface area contributed by atoms with Crippen LogP contribution in [0.1, 0.15) is 21.6 Å². The molecule has 8 heteroatoms. The van der Waals surface area contributed by atoms with Gasteiger partial charge < -0.3 is 9.88 Å². The van der Waals surface area contributed by atoms with E-state index >= 15 is 0 Å². The highest BCUT2D eigenvalue weighted by molar-refractivity contribution is 9.10. The van der Waals surface area contributed by atoms with Crippen LogP contribution < -0.4 is 0 Å². The van der Waals surface area contributed by atoms with Crippen LogP contribution in [0, 0.1) is 13.8 Å². The second kappa shape index (κ2) is 7.59. The molecule has 1 aliphatic rings. The number of aryl methyl sites for hydroxylation is 2. The summed E-state index contributed by atoms with van der Waals surface area (Å²) in [5, 5.41) is 1.05. The first-order valence-electron chi connectivity index (χ1n) is 9.41. The summed E-state index contributed by atoms with van der Waals surface area (Å²) in [6.07, 6.45) is 0. The van der Waals surface area contributed by atoms with E-state index in [4.69, 9.17) is 0 Å². The van der Waals surface area contributed by atoms with Crippen molar-refractivity contribution in [1.29, 1.82) is 0 Å². The van der Waals surface area contributed by atoms with Crippen molar-refractivity contribution in [3.63, 3.8) is 0 Å². The first-order chi connectivity index (χ1) is 13.8. The Morgan fingerprint density at radius 1 is 1.03 bits per heavy atom. The van der Waals surface area contributed by atoms with Crippen molar-refractivity contribution in [2.24, 2.45) is 0 Å². The van der Waals surface area contributed by atoms with Gasteiger partial charge >= 0.3 is 0 Å². The van der Waals surface area contributed by atoms with E-state index in [1.807, 2.05) is 32.0 Å². The van der Waals surface area contributed by atoms with Gasteiger partial charge in [0, 0.05) is 52.8 Å². The van der Waals surface area contributed by atoms with Gasteiger partial charge in [-0.2, -0.15) is 4.31 Å². The standard InChI is InChI=1S/C21H22BrN3O3S/c1-14-15(2)23-20-7-6-16(12-19(14)20)21(26)24-8-10-25(11-9-24)29(27,28)18-5-3-4-17(22)13-18/h3-7,12-13,23H,8-11H2,1-2H3. The number of hydrogen-bond donors (Lipinski definition) is 1. The molecule has 0 aliphatic carbocycles. The molecule has 1 N–H and O–H groups in total. The predicted molar refractivity (Wildman–Crippen MR) is 117 cm³/mol. The van der Waals surface area contributed by atoms with Crippen molar-refractivity contribution >= 4 is 42.8 Å². The minimum Gasteiger partial charge on any atom is -0.358 e. The maximum atomic E-state index is 13.0. The average Bonchev–Trinajstić information content (AvgIpc) is 3.01. The molecule has 2 heterocycles. The van der Waals surface area contributed by atoms with E-state index < -0.39 is 10.0 Å². The molecule has 0 bridgehead atoms. The summed E-state index contributed by atoms with van der Waals surface area (Å²) in [6.45, 7) is 5.36. The Balaban J connectivity index is 1.49. The number of amides is 1. The SMILES string of the molecule is Cc1[nH]c2ccc(C(=O)N3CCN(S(=O)(=O)c4cccc(Br)c4)CC3)cc2c1C. The number of aromatic amines is 1. The fourth-order valence-electron chi connectivity index (χ4n) is 3.68. The molecule has 1 amide bonds. The van der Waals surface area contributed by atoms with E-state index in [1.165, 1.54) is 4.31 Å². The zero-order chi connectivity index (χ0) is 20.8. The highest BCUT2D eigenvalue weighted by Crippen LogP contribution is 2.24. The summed E-state index contributed by atoms with van der Waals surface area (Å²) in [5.74, 6) is -0.0651. The Morgan fingerprint density at radius 2 is 1.76 bits per heavy atom. The third-order valence-electron chi connectivity index (χ3n) is 5.51. The van der Waals surface area contributed by atoms with E-state index in [0.29, 0.717) is 18.7 Å². The zero-order valence-electron chi connectivity index (χ0n) is 16.3. The predicted octanol–water partition coefficient (Wildman–Crippen LogP) is 3.69. The summed E-state index contributed by atoms with van der Waals surface area (Å²) in [5.41, 5.74) is 3.87. The van der Waals surface area contributed by atoms with Gasteiger partial charge in [-0.05, 0) is 55.8 Å². The molecule has 4 rings (SSSR count). The van der Waals surface area contributed by atoms with Crippen molar-refractivity contribution < 1.29 is 13.2 Å². The van der Waals surface area contributed by atoms with Gasteiger partial charge in [-0.15, -0.1) is 0 Å². The third kappa shape index (κ3) is 3.72. The maximum absolute atomic E-state index is 13.0. The van der Waals surface area contributed by atoms with Gasteiger partial charge in [0.15, 0.2) is 0 Å². The van der Waals surface area contributed by atoms with Crippen molar-refractivity contribution in [3.8, 4) is 0 Å². The van der Waals surface area contributed by atoms with Crippen LogP contribution in [0.15, 0.2) is 51.8 Å². The van der Waals surface area contributed by atoms with E-state index in [9.17, 15) is 13.2 Å². The molecular weight excluding hydrogens is 454 g/mol. The number of carbonyl (C=O) groups excluding carboxylic acids is 1. The molecule has 6 nitrogen and oxygen atoms in total. The Labute approximate surface area is 178 Å². The highest BCUT2D eigenvalue weighted by Gasteiger charge is 2.30. The third-order valence-corrected chi connectivity index (χ3v) is 7.90. The van der Waals surface area contributed by atoms with Gasteiger partial charge in [0.25, 0.3) is 5.91 Å². The lowest BCUT2D eigenvalue weighted by Gasteiger charge is -2.34. The topological polar surface area (TPSA) is 73.5 Å². The van der Waals surface area contributed by atoms with Crippen LogP contribution >= 0.6 is 15.9 Å². The van der Waals surface area contributed by atoms with Gasteiger partial charge in [-0.25, -0.2) is 8.42 Å². The first kappa shape index (κ1) is 20.1. The molecule has 0 saturated carbocycles. The number of nitrogens with one attached hydrogen (secondary N) is 1. The van der Waals surface area contributed by atoms with Crippen LogP contribution in [-0.4, -0.2) is 54.7 Å². The second-order valence-electron chi connectivity index (χ2n) is 7.29. The van der Waals surface area contributed by atoms with E-state index in [0.717, 1.165) is 26.6 Å². The van der Waals surface area contributed by atoms with E-state index in [2.05, 4.69) is 20.9 Å². The van der Waals surface area contributed by atoms with Crippen molar-refractivity contribution in [3.05, 3.63) is 63.8 Å². The van der Waals surface area contributed by atoms with Gasteiger partial charge in [0.1, 0.15) is 0 Å². The van der Waals surface area contributed by atoms with Gasteiger partial charge in [0.05, 0.1) is 4.90 Å². The number of nitrogens with zero attached hydrogens (tertiary/aromatic N) is 2. The molecule has 3 aromatic rings. The summed E-state index contributed by atoms with van der Waals surface area (Å²) in [7, 11) is -3.57. The number of benzene rings is 2. The lowest BCUT2D eigenvalue weighted by atomic mass is 10.1. The Kier molecular flexibility index (Phi) is 5.27. The number of rotatable bonds is 3. The average molecular weight is 476 g/mol. The molecule has 0 spiro atoms. The molecule has 1 fully saturated rings. The van der Waals surface area contributed by atoms with Crippen LogP contribution in [0.5, 0.6) is 0 Å². The van der Waals surface area contributed by atoms with Crippen LogP contribution in [-0.2, 0) is 10.0 Å². The maximum Gasteiger partial charge on any atom is 0.253 e. The fourth-order valence-corrected chi connectivity index (χ4v) is 5.70. The molecule has 29 heavy (non-hydrogen) atoms. The number of hydrogen-bond acceptors (Lipinski definition) is 3. The highest BCUT2D eigenvalue weighted by atomic mass is 79.9. The van der Waals surface area contributed by atoms with Crippen molar-refractivity contribution in [2.75, 3.05) is 26.2 Å². The van der Waals surface area contributed by atoms with Gasteiger partial charge in [0.2, 0.25) is 10.0 Å². The Hall–Kier alpha value is -2.16. The Bertz CT molecular complexity index is 1200. The number of sulfonamides is 1. The molecule has 0 atom stereocenters. The number of piperazine rings is 1. The molecule has 2 aromatic carbocycles. The quantitative estimate of drug-likeness (QED) is 0.627. The number of halogens is 1. The smallest absolute Gasteiger partial charge is 0.253 e. The molecule has 0 radical (unpaired) electrons. The van der Waals surface area contributed by atoms with Crippen molar-refractivity contribution in [2.45, 2.75) is 18.7 Å². The summed E-state index contributed by atoms with van der Waals surface area (Å²) < 4.78 is 27.9. The first-order valence-corrected chi connectivity index (χ1v) is 11.6. The molecular formula is C21H22BrN3O3S. The van der Waals surface area contributed by atoms with Gasteiger partial charge in [-0.1, -0.05) is 22.0 Å². The molecule has 1 aliphatic heterocycles. The monoisotopic (exact) mass is 475 g/mol. The number of carbonyl (C=O) groups is 1. The van der Waals surface area contributed by atoms with E-state index in [-0.39, 0.29) is 23.9 Å². The van der Waals surface area contributed by atoms with Crippen molar-refractivity contribution in [1.82, 2.24) is 14.2 Å². The zero-order valence-corrected chi connectivity index (χ0v) is 18.7. The van der Waals surface area contributed by atoms with E-state index in [1.54, 1.807) is 29.2 Å².